The molecule has 0 aliphatic carbocycles. The largest absolute Gasteiger partial charge is 0.480 e. The highest BCUT2D eigenvalue weighted by Gasteiger charge is 2.39. The van der Waals surface area contributed by atoms with Crippen LogP contribution in [0.4, 0.5) is 0 Å². The van der Waals surface area contributed by atoms with Crippen molar-refractivity contribution < 1.29 is 18.3 Å². The molecule has 0 bridgehead atoms. The topological polar surface area (TPSA) is 98.5 Å². The van der Waals surface area contributed by atoms with Crippen LogP contribution in [-0.4, -0.2) is 42.1 Å². The summed E-state index contributed by atoms with van der Waals surface area (Å²) in [6.45, 7) is 3.59. The predicted molar refractivity (Wildman–Crippen MR) is 65.2 cm³/mol. The van der Waals surface area contributed by atoms with Gasteiger partial charge in [-0.15, -0.1) is 0 Å². The Bertz CT molecular complexity index is 464. The van der Waals surface area contributed by atoms with Crippen LogP contribution in [0.5, 0.6) is 0 Å². The van der Waals surface area contributed by atoms with E-state index in [0.29, 0.717) is 12.8 Å². The van der Waals surface area contributed by atoms with E-state index in [1.807, 2.05) is 6.07 Å². The van der Waals surface area contributed by atoms with E-state index < -0.39 is 27.4 Å². The van der Waals surface area contributed by atoms with Crippen molar-refractivity contribution in [3.8, 4) is 6.07 Å². The summed E-state index contributed by atoms with van der Waals surface area (Å²) in [5.74, 6) is -1.28. The van der Waals surface area contributed by atoms with Gasteiger partial charge in [0.1, 0.15) is 6.04 Å². The molecular weight excluding hydrogens is 256 g/mol. The van der Waals surface area contributed by atoms with Gasteiger partial charge in [0.25, 0.3) is 0 Å². The fourth-order valence-electron chi connectivity index (χ4n) is 1.88. The second-order valence-corrected chi connectivity index (χ2v) is 7.21. The number of sulfonamides is 1. The van der Waals surface area contributed by atoms with Crippen molar-refractivity contribution in [1.29, 1.82) is 5.26 Å². The van der Waals surface area contributed by atoms with Crippen molar-refractivity contribution in [2.45, 2.75) is 39.2 Å². The Labute approximate surface area is 107 Å². The average molecular weight is 274 g/mol. The lowest BCUT2D eigenvalue weighted by Gasteiger charge is -2.23. The summed E-state index contributed by atoms with van der Waals surface area (Å²) in [7, 11) is -3.60. The third-order valence-electron chi connectivity index (χ3n) is 3.13. The molecule has 1 N–H and O–H groups in total. The Morgan fingerprint density at radius 3 is 2.67 bits per heavy atom. The molecule has 1 heterocycles. The molecule has 0 radical (unpaired) electrons. The average Bonchev–Trinajstić information content (AvgIpc) is 2.76. The number of nitriles is 1. The number of carbonyl (C=O) groups is 1. The zero-order chi connectivity index (χ0) is 14.0. The van der Waals surface area contributed by atoms with Crippen molar-refractivity contribution in [3.05, 3.63) is 0 Å². The van der Waals surface area contributed by atoms with Gasteiger partial charge in [0, 0.05) is 6.54 Å². The molecule has 0 saturated carbocycles. The fraction of sp³-hybridized carbons (Fsp3) is 0.818. The van der Waals surface area contributed by atoms with E-state index in [2.05, 4.69) is 0 Å². The molecule has 1 saturated heterocycles. The summed E-state index contributed by atoms with van der Waals surface area (Å²) in [6.07, 6.45) is 1.13. The zero-order valence-corrected chi connectivity index (χ0v) is 11.4. The molecule has 0 spiro atoms. The van der Waals surface area contributed by atoms with Crippen molar-refractivity contribution in [2.75, 3.05) is 12.3 Å². The molecule has 7 heteroatoms. The maximum atomic E-state index is 12.1. The van der Waals surface area contributed by atoms with Gasteiger partial charge < -0.3 is 5.11 Å². The minimum absolute atomic E-state index is 0.183. The summed E-state index contributed by atoms with van der Waals surface area (Å²) in [4.78, 5) is 11.0. The molecule has 18 heavy (non-hydrogen) atoms. The molecule has 0 aromatic heterocycles. The van der Waals surface area contributed by atoms with Gasteiger partial charge >= 0.3 is 5.97 Å². The van der Waals surface area contributed by atoms with Crippen molar-refractivity contribution in [2.24, 2.45) is 5.41 Å². The van der Waals surface area contributed by atoms with Crippen LogP contribution in [-0.2, 0) is 14.8 Å². The summed E-state index contributed by atoms with van der Waals surface area (Å²) in [5.41, 5.74) is -0.717. The number of hydrogen-bond donors (Lipinski definition) is 1. The molecule has 1 fully saturated rings. The standard InChI is InChI=1S/C11H18N2O4S/c1-11(2,8-12)5-7-18(16,17)13-6-3-4-9(13)10(14)15/h9H,3-7H2,1-2H3,(H,14,15)/t9-/m0/s1. The third kappa shape index (κ3) is 3.43. The molecule has 6 nitrogen and oxygen atoms in total. The van der Waals surface area contributed by atoms with Crippen LogP contribution in [0, 0.1) is 16.7 Å². The Kier molecular flexibility index (Phi) is 4.35. The first-order valence-electron chi connectivity index (χ1n) is 5.83. The van der Waals surface area contributed by atoms with Gasteiger partial charge in [0.15, 0.2) is 0 Å². The van der Waals surface area contributed by atoms with Crippen molar-refractivity contribution >= 4 is 16.0 Å². The molecule has 102 valence electrons. The van der Waals surface area contributed by atoms with E-state index >= 15 is 0 Å². The number of rotatable bonds is 5. The van der Waals surface area contributed by atoms with Crippen LogP contribution >= 0.6 is 0 Å². The summed E-state index contributed by atoms with van der Waals surface area (Å²) in [5, 5.41) is 17.8. The normalized spacial score (nSPS) is 21.7. The number of carboxylic acids is 1. The smallest absolute Gasteiger partial charge is 0.322 e. The number of aliphatic carboxylic acids is 1. The Hall–Kier alpha value is -1.13. The molecule has 0 aromatic carbocycles. The minimum atomic E-state index is -3.60. The fourth-order valence-corrected chi connectivity index (χ4v) is 3.87. The molecule has 0 aromatic rings. The quantitative estimate of drug-likeness (QED) is 0.799. The molecule has 1 aliphatic rings. The lowest BCUT2D eigenvalue weighted by Crippen LogP contribution is -2.42. The third-order valence-corrected chi connectivity index (χ3v) is 5.01. The Morgan fingerprint density at radius 1 is 1.56 bits per heavy atom. The summed E-state index contributed by atoms with van der Waals surface area (Å²) >= 11 is 0. The maximum Gasteiger partial charge on any atom is 0.322 e. The lowest BCUT2D eigenvalue weighted by molar-refractivity contribution is -0.140. The van der Waals surface area contributed by atoms with E-state index in [-0.39, 0.29) is 18.7 Å². The number of nitrogens with zero attached hydrogens (tertiary/aromatic N) is 2. The highest BCUT2D eigenvalue weighted by Crippen LogP contribution is 2.25. The van der Waals surface area contributed by atoms with E-state index in [1.165, 1.54) is 0 Å². The SMILES string of the molecule is CC(C)(C#N)CCS(=O)(=O)N1CCC[C@H]1C(=O)O. The van der Waals surface area contributed by atoms with Crippen LogP contribution in [0.2, 0.25) is 0 Å². The molecular formula is C11H18N2O4S. The molecule has 0 amide bonds. The van der Waals surface area contributed by atoms with Crippen LogP contribution in [0.15, 0.2) is 0 Å². The van der Waals surface area contributed by atoms with Crippen LogP contribution in [0.25, 0.3) is 0 Å². The summed E-state index contributed by atoms with van der Waals surface area (Å²) in [6, 6.07) is 1.09. The second kappa shape index (κ2) is 5.24. The first-order chi connectivity index (χ1) is 8.19. The number of carboxylic acid groups (broad SMARTS) is 1. The van der Waals surface area contributed by atoms with E-state index in [0.717, 1.165) is 4.31 Å². The Balaban J connectivity index is 2.76. The zero-order valence-electron chi connectivity index (χ0n) is 10.6. The number of hydrogen-bond acceptors (Lipinski definition) is 4. The molecule has 1 rings (SSSR count). The van der Waals surface area contributed by atoms with Crippen LogP contribution < -0.4 is 0 Å². The van der Waals surface area contributed by atoms with Crippen LogP contribution in [0.1, 0.15) is 33.1 Å². The predicted octanol–water partition coefficient (Wildman–Crippen LogP) is 0.805. The van der Waals surface area contributed by atoms with Gasteiger partial charge in [-0.05, 0) is 33.1 Å². The first-order valence-corrected chi connectivity index (χ1v) is 7.44. The van der Waals surface area contributed by atoms with E-state index in [4.69, 9.17) is 10.4 Å². The molecule has 1 atom stereocenters. The van der Waals surface area contributed by atoms with Gasteiger partial charge in [-0.25, -0.2) is 8.42 Å². The minimum Gasteiger partial charge on any atom is -0.480 e. The first kappa shape index (κ1) is 14.9. The Morgan fingerprint density at radius 2 is 2.17 bits per heavy atom. The van der Waals surface area contributed by atoms with E-state index in [1.54, 1.807) is 13.8 Å². The van der Waals surface area contributed by atoms with Crippen molar-refractivity contribution in [1.82, 2.24) is 4.31 Å². The highest BCUT2D eigenvalue weighted by molar-refractivity contribution is 7.89. The van der Waals surface area contributed by atoms with Gasteiger partial charge in [-0.1, -0.05) is 0 Å². The monoisotopic (exact) mass is 274 g/mol. The lowest BCUT2D eigenvalue weighted by atomic mass is 9.93. The molecule has 1 aliphatic heterocycles. The maximum absolute atomic E-state index is 12.1. The van der Waals surface area contributed by atoms with Gasteiger partial charge in [-0.3, -0.25) is 4.79 Å². The van der Waals surface area contributed by atoms with E-state index in [9.17, 15) is 13.2 Å². The second-order valence-electron chi connectivity index (χ2n) is 5.17. The van der Waals surface area contributed by atoms with Crippen molar-refractivity contribution in [3.63, 3.8) is 0 Å². The van der Waals surface area contributed by atoms with Gasteiger partial charge in [-0.2, -0.15) is 9.57 Å². The molecule has 0 unspecified atom stereocenters. The van der Waals surface area contributed by atoms with Gasteiger partial charge in [0.2, 0.25) is 10.0 Å². The van der Waals surface area contributed by atoms with Crippen LogP contribution in [0.3, 0.4) is 0 Å². The summed E-state index contributed by atoms with van der Waals surface area (Å²) < 4.78 is 25.2. The van der Waals surface area contributed by atoms with Gasteiger partial charge in [0.05, 0.1) is 17.2 Å². The highest BCUT2D eigenvalue weighted by atomic mass is 32.2.